The maximum atomic E-state index is 2.51. The second-order valence-corrected chi connectivity index (χ2v) is 15.9. The van der Waals surface area contributed by atoms with Crippen LogP contribution in [0.5, 0.6) is 0 Å². The fourth-order valence-corrected chi connectivity index (χ4v) is 11.3. The molecule has 8 aromatic carbocycles. The number of rotatable bonds is 5. The summed E-state index contributed by atoms with van der Waals surface area (Å²) in [6.45, 7) is 0. The summed E-state index contributed by atoms with van der Waals surface area (Å²) in [7, 11) is 0. The highest BCUT2D eigenvalue weighted by atomic mass is 15.1. The zero-order chi connectivity index (χ0) is 37.6. The molecule has 0 saturated carbocycles. The number of allylic oxidation sites excluding steroid dienone is 4. The second-order valence-electron chi connectivity index (χ2n) is 15.9. The summed E-state index contributed by atoms with van der Waals surface area (Å²) in [5.41, 5.74) is 20.1. The van der Waals surface area contributed by atoms with Gasteiger partial charge in [-0.25, -0.2) is 0 Å². The molecule has 0 aliphatic heterocycles. The van der Waals surface area contributed by atoms with Crippen LogP contribution >= 0.6 is 0 Å². The third-order valence-electron chi connectivity index (χ3n) is 13.4. The highest BCUT2D eigenvalue weighted by Crippen LogP contribution is 2.64. The minimum absolute atomic E-state index is 0.281. The van der Waals surface area contributed by atoms with E-state index in [0.717, 1.165) is 23.5 Å². The third-order valence-corrected chi connectivity index (χ3v) is 13.4. The Bertz CT molecular complexity index is 2830. The molecule has 0 saturated heterocycles. The normalized spacial score (nSPS) is 16.8. The van der Waals surface area contributed by atoms with Crippen LogP contribution in [0.15, 0.2) is 218 Å². The van der Waals surface area contributed by atoms with E-state index in [9.17, 15) is 0 Å². The number of benzene rings is 8. The lowest BCUT2D eigenvalue weighted by Gasteiger charge is -2.39. The minimum Gasteiger partial charge on any atom is -0.310 e. The number of nitrogens with zero attached hydrogens (tertiary/aromatic N) is 1. The summed E-state index contributed by atoms with van der Waals surface area (Å²) in [6.07, 6.45) is 7.96. The van der Waals surface area contributed by atoms with Gasteiger partial charge in [-0.3, -0.25) is 0 Å². The standard InChI is InChI=1S/C56H39N/c1-4-18-38(19-5-1)55(39-20-6-2-7-21-39)49-28-14-10-26-45(49)47-34-32-41(36-53(47)55)57(40-22-8-3-9-23-40)42-33-35-48-46-27-13-17-31-52(46)56(54(48)37-42)50-29-15-11-24-43(50)44-25-12-16-30-51(44)56/h1-27,29-37,49H,28H2. The molecular formula is C56H39N. The Labute approximate surface area is 334 Å². The van der Waals surface area contributed by atoms with Crippen LogP contribution in [0, 0.1) is 5.92 Å². The van der Waals surface area contributed by atoms with Crippen molar-refractivity contribution < 1.29 is 0 Å². The molecule has 8 aromatic rings. The molecule has 1 nitrogen and oxygen atoms in total. The van der Waals surface area contributed by atoms with Gasteiger partial charge >= 0.3 is 0 Å². The molecule has 1 atom stereocenters. The monoisotopic (exact) mass is 725 g/mol. The lowest BCUT2D eigenvalue weighted by molar-refractivity contribution is 0.484. The summed E-state index contributed by atoms with van der Waals surface area (Å²) < 4.78 is 0. The van der Waals surface area contributed by atoms with E-state index in [-0.39, 0.29) is 11.3 Å². The van der Waals surface area contributed by atoms with Crippen molar-refractivity contribution in [1.29, 1.82) is 0 Å². The van der Waals surface area contributed by atoms with Crippen molar-refractivity contribution in [1.82, 2.24) is 0 Å². The van der Waals surface area contributed by atoms with Crippen LogP contribution in [-0.4, -0.2) is 0 Å². The van der Waals surface area contributed by atoms with Crippen LogP contribution in [0.2, 0.25) is 0 Å². The van der Waals surface area contributed by atoms with Gasteiger partial charge in [0.15, 0.2) is 0 Å². The van der Waals surface area contributed by atoms with Crippen molar-refractivity contribution >= 4 is 22.6 Å². The van der Waals surface area contributed by atoms with Crippen LogP contribution in [0.1, 0.15) is 50.9 Å². The van der Waals surface area contributed by atoms with Crippen molar-refractivity contribution in [3.63, 3.8) is 0 Å². The van der Waals surface area contributed by atoms with Gasteiger partial charge < -0.3 is 4.90 Å². The number of para-hydroxylation sites is 1. The van der Waals surface area contributed by atoms with Gasteiger partial charge in [-0.05, 0) is 115 Å². The van der Waals surface area contributed by atoms with Crippen LogP contribution in [0.25, 0.3) is 27.8 Å². The number of fused-ring (bicyclic) bond motifs is 13. The molecule has 0 fully saturated rings. The molecule has 0 N–H and O–H groups in total. The Kier molecular flexibility index (Phi) is 6.95. The maximum absolute atomic E-state index is 2.51. The molecule has 1 spiro atoms. The average molecular weight is 726 g/mol. The van der Waals surface area contributed by atoms with E-state index in [1.807, 2.05) is 0 Å². The van der Waals surface area contributed by atoms with E-state index in [1.165, 1.54) is 72.3 Å². The highest BCUT2D eigenvalue weighted by Gasteiger charge is 2.53. The largest absolute Gasteiger partial charge is 0.310 e. The second kappa shape index (κ2) is 12.3. The van der Waals surface area contributed by atoms with Crippen molar-refractivity contribution in [2.45, 2.75) is 17.3 Å². The summed E-state index contributed by atoms with van der Waals surface area (Å²) in [6, 6.07) is 75.1. The summed E-state index contributed by atoms with van der Waals surface area (Å²) >= 11 is 0. The van der Waals surface area contributed by atoms with Crippen LogP contribution in [-0.2, 0) is 10.8 Å². The number of anilines is 3. The Hall–Kier alpha value is -6.96. The quantitative estimate of drug-likeness (QED) is 0.171. The molecule has 0 bridgehead atoms. The Morgan fingerprint density at radius 3 is 1.40 bits per heavy atom. The first-order chi connectivity index (χ1) is 28.3. The van der Waals surface area contributed by atoms with Gasteiger partial charge in [-0.15, -0.1) is 0 Å². The van der Waals surface area contributed by atoms with Crippen molar-refractivity contribution in [3.8, 4) is 22.3 Å². The maximum Gasteiger partial charge on any atom is 0.0726 e. The first kappa shape index (κ1) is 32.3. The van der Waals surface area contributed by atoms with Crippen LogP contribution in [0.3, 0.4) is 0 Å². The zero-order valence-corrected chi connectivity index (χ0v) is 31.5. The molecule has 0 radical (unpaired) electrons. The van der Waals surface area contributed by atoms with Crippen molar-refractivity contribution in [2.24, 2.45) is 5.92 Å². The Balaban J connectivity index is 1.12. The van der Waals surface area contributed by atoms with Crippen LogP contribution in [0.4, 0.5) is 17.1 Å². The lowest BCUT2D eigenvalue weighted by Crippen LogP contribution is -2.34. The molecule has 57 heavy (non-hydrogen) atoms. The fourth-order valence-electron chi connectivity index (χ4n) is 11.3. The topological polar surface area (TPSA) is 3.24 Å². The van der Waals surface area contributed by atoms with E-state index < -0.39 is 5.41 Å². The van der Waals surface area contributed by atoms with Gasteiger partial charge in [0.05, 0.1) is 10.8 Å². The van der Waals surface area contributed by atoms with Gasteiger partial charge in [-0.2, -0.15) is 0 Å². The molecule has 0 amide bonds. The summed E-state index contributed by atoms with van der Waals surface area (Å²) in [5, 5.41) is 0. The molecule has 0 aromatic heterocycles. The first-order valence-corrected chi connectivity index (χ1v) is 20.2. The third kappa shape index (κ3) is 4.29. The molecule has 4 aliphatic carbocycles. The van der Waals surface area contributed by atoms with Gasteiger partial charge in [0, 0.05) is 23.0 Å². The van der Waals surface area contributed by atoms with E-state index in [0.29, 0.717) is 0 Å². The lowest BCUT2D eigenvalue weighted by atomic mass is 9.63. The molecule has 1 unspecified atom stereocenters. The van der Waals surface area contributed by atoms with E-state index in [4.69, 9.17) is 0 Å². The Morgan fingerprint density at radius 2 is 0.842 bits per heavy atom. The van der Waals surface area contributed by atoms with Crippen LogP contribution < -0.4 is 4.90 Å². The number of hydrogen-bond donors (Lipinski definition) is 0. The molecule has 268 valence electrons. The molecule has 1 heteroatoms. The smallest absolute Gasteiger partial charge is 0.0726 e. The molecule has 0 heterocycles. The minimum atomic E-state index is -0.416. The van der Waals surface area contributed by atoms with Gasteiger partial charge in [0.1, 0.15) is 0 Å². The first-order valence-electron chi connectivity index (χ1n) is 20.2. The summed E-state index contributed by atoms with van der Waals surface area (Å²) in [5.74, 6) is 0.281. The number of hydrogen-bond acceptors (Lipinski definition) is 1. The molecule has 12 rings (SSSR count). The van der Waals surface area contributed by atoms with Crippen molar-refractivity contribution in [2.75, 3.05) is 4.90 Å². The Morgan fingerprint density at radius 1 is 0.386 bits per heavy atom. The SMILES string of the molecule is C1=CCC2C(=C1)c1ccc(N(c3ccccc3)c3ccc4c(c3)C3(c5ccccc5-c5ccccc53)c3ccccc3-4)cc1C2(c1ccccc1)c1ccccc1. The van der Waals surface area contributed by atoms with Crippen molar-refractivity contribution in [3.05, 3.63) is 263 Å². The van der Waals surface area contributed by atoms with Gasteiger partial charge in [-0.1, -0.05) is 182 Å². The molecule has 4 aliphatic rings. The predicted molar refractivity (Wildman–Crippen MR) is 235 cm³/mol. The molecular weight excluding hydrogens is 687 g/mol. The van der Waals surface area contributed by atoms with E-state index in [1.54, 1.807) is 0 Å². The van der Waals surface area contributed by atoms with Gasteiger partial charge in [0.2, 0.25) is 0 Å². The van der Waals surface area contributed by atoms with Gasteiger partial charge in [0.25, 0.3) is 0 Å². The highest BCUT2D eigenvalue weighted by molar-refractivity contribution is 5.96. The summed E-state index contributed by atoms with van der Waals surface area (Å²) in [4.78, 5) is 2.49. The average Bonchev–Trinajstić information content (AvgIpc) is 3.87. The van der Waals surface area contributed by atoms with E-state index >= 15 is 0 Å². The predicted octanol–water partition coefficient (Wildman–Crippen LogP) is 13.8. The fraction of sp³-hybridized carbons (Fsp3) is 0.0714. The van der Waals surface area contributed by atoms with E-state index in [2.05, 4.69) is 223 Å². The zero-order valence-electron chi connectivity index (χ0n) is 31.5.